The van der Waals surface area contributed by atoms with Crippen molar-refractivity contribution in [1.82, 2.24) is 14.6 Å². The zero-order chi connectivity index (χ0) is 14.7. The molecule has 0 fully saturated rings. The van der Waals surface area contributed by atoms with Crippen LogP contribution >= 0.6 is 0 Å². The van der Waals surface area contributed by atoms with Gasteiger partial charge in [0.25, 0.3) is 11.5 Å². The molecular weight excluding hydrogens is 260 g/mol. The lowest BCUT2D eigenvalue weighted by Gasteiger charge is -2.12. The van der Waals surface area contributed by atoms with Crippen LogP contribution in [0.5, 0.6) is 0 Å². The van der Waals surface area contributed by atoms with Gasteiger partial charge in [-0.05, 0) is 12.1 Å². The highest BCUT2D eigenvalue weighted by Gasteiger charge is 2.07. The summed E-state index contributed by atoms with van der Waals surface area (Å²) in [5.74, 6) is -0.152. The third kappa shape index (κ3) is 2.61. The fourth-order valence-electron chi connectivity index (χ4n) is 1.64. The van der Waals surface area contributed by atoms with Crippen LogP contribution < -0.4 is 22.1 Å². The maximum atomic E-state index is 11.8. The maximum Gasteiger partial charge on any atom is 0.332 e. The standard InChI is InChI=1S/C13H14N4O3/c1-16-10(8-11(18)17(2)13(16)20)14-15-12(19)9-6-4-3-5-7-9/h3-8,14H,1-2H3,(H,15,19). The van der Waals surface area contributed by atoms with Crippen molar-refractivity contribution < 1.29 is 4.79 Å². The summed E-state index contributed by atoms with van der Waals surface area (Å²) in [5, 5.41) is 0. The van der Waals surface area contributed by atoms with E-state index in [-0.39, 0.29) is 11.7 Å². The smallest absolute Gasteiger partial charge is 0.283 e. The summed E-state index contributed by atoms with van der Waals surface area (Å²) in [7, 11) is 2.88. The number of benzene rings is 1. The van der Waals surface area contributed by atoms with Crippen molar-refractivity contribution in [3.05, 3.63) is 62.8 Å². The predicted molar refractivity (Wildman–Crippen MR) is 74.5 cm³/mol. The Kier molecular flexibility index (Phi) is 3.69. The van der Waals surface area contributed by atoms with E-state index < -0.39 is 11.2 Å². The van der Waals surface area contributed by atoms with Gasteiger partial charge in [0.15, 0.2) is 0 Å². The van der Waals surface area contributed by atoms with Gasteiger partial charge in [0, 0.05) is 25.7 Å². The number of rotatable bonds is 3. The molecule has 0 spiro atoms. The first-order valence-electron chi connectivity index (χ1n) is 5.89. The quantitative estimate of drug-likeness (QED) is 0.762. The van der Waals surface area contributed by atoms with Gasteiger partial charge in [-0.15, -0.1) is 0 Å². The van der Waals surface area contributed by atoms with Crippen LogP contribution in [0.25, 0.3) is 0 Å². The Morgan fingerprint density at radius 1 is 1.05 bits per heavy atom. The van der Waals surface area contributed by atoms with Gasteiger partial charge in [0.2, 0.25) is 0 Å². The lowest BCUT2D eigenvalue weighted by molar-refractivity contribution is 0.0962. The van der Waals surface area contributed by atoms with Crippen molar-refractivity contribution in [2.75, 3.05) is 5.43 Å². The highest BCUT2D eigenvalue weighted by Crippen LogP contribution is 1.99. The number of carbonyl (C=O) groups excluding carboxylic acids is 1. The van der Waals surface area contributed by atoms with Crippen LogP contribution in [0.15, 0.2) is 46.0 Å². The third-order valence-electron chi connectivity index (χ3n) is 2.87. The van der Waals surface area contributed by atoms with E-state index in [9.17, 15) is 14.4 Å². The zero-order valence-corrected chi connectivity index (χ0v) is 11.1. The molecule has 1 aromatic heterocycles. The van der Waals surface area contributed by atoms with Crippen molar-refractivity contribution in [2.45, 2.75) is 0 Å². The summed E-state index contributed by atoms with van der Waals surface area (Å²) in [6, 6.07) is 9.81. The Labute approximate surface area is 114 Å². The van der Waals surface area contributed by atoms with Crippen LogP contribution in [-0.4, -0.2) is 15.0 Å². The van der Waals surface area contributed by atoms with E-state index in [1.54, 1.807) is 30.3 Å². The summed E-state index contributed by atoms with van der Waals surface area (Å²) >= 11 is 0. The summed E-state index contributed by atoms with van der Waals surface area (Å²) in [5.41, 5.74) is 4.54. The molecule has 1 aromatic carbocycles. The lowest BCUT2D eigenvalue weighted by atomic mass is 10.2. The number of aromatic nitrogens is 2. The Hall–Kier alpha value is -2.83. The lowest BCUT2D eigenvalue weighted by Crippen LogP contribution is -2.40. The van der Waals surface area contributed by atoms with Crippen molar-refractivity contribution in [3.63, 3.8) is 0 Å². The molecule has 1 amide bonds. The molecule has 104 valence electrons. The van der Waals surface area contributed by atoms with Gasteiger partial charge in [-0.2, -0.15) is 0 Å². The molecule has 0 bridgehead atoms. The monoisotopic (exact) mass is 274 g/mol. The second-order valence-corrected chi connectivity index (χ2v) is 4.21. The van der Waals surface area contributed by atoms with Gasteiger partial charge in [-0.25, -0.2) is 4.79 Å². The number of nitrogens with one attached hydrogen (secondary N) is 2. The van der Waals surface area contributed by atoms with Gasteiger partial charge < -0.3 is 0 Å². The number of hydrogen-bond donors (Lipinski definition) is 2. The summed E-state index contributed by atoms with van der Waals surface area (Å²) in [6.07, 6.45) is 0. The molecule has 0 atom stereocenters. The van der Waals surface area contributed by atoms with Crippen LogP contribution in [0.4, 0.5) is 5.82 Å². The molecular formula is C13H14N4O3. The molecule has 0 radical (unpaired) electrons. The van der Waals surface area contributed by atoms with Gasteiger partial charge in [-0.3, -0.25) is 29.6 Å². The topological polar surface area (TPSA) is 85.1 Å². The second kappa shape index (κ2) is 5.43. The Morgan fingerprint density at radius 3 is 2.35 bits per heavy atom. The first kappa shape index (κ1) is 13.6. The average Bonchev–Trinajstić information content (AvgIpc) is 2.48. The summed E-state index contributed by atoms with van der Waals surface area (Å²) < 4.78 is 2.21. The first-order chi connectivity index (χ1) is 9.50. The zero-order valence-electron chi connectivity index (χ0n) is 11.1. The number of anilines is 1. The molecule has 0 aliphatic heterocycles. The van der Waals surface area contributed by atoms with Crippen LogP contribution in [0.2, 0.25) is 0 Å². The second-order valence-electron chi connectivity index (χ2n) is 4.21. The SMILES string of the molecule is Cn1c(NNC(=O)c2ccccc2)cc(=O)n(C)c1=O. The minimum atomic E-state index is -0.478. The molecule has 0 aliphatic carbocycles. The van der Waals surface area contributed by atoms with Crippen LogP contribution in [0.1, 0.15) is 10.4 Å². The van der Waals surface area contributed by atoms with Gasteiger partial charge >= 0.3 is 5.69 Å². The number of carbonyl (C=O) groups is 1. The Bertz CT molecular complexity index is 746. The van der Waals surface area contributed by atoms with Crippen LogP contribution in [-0.2, 0) is 14.1 Å². The minimum Gasteiger partial charge on any atom is -0.283 e. The third-order valence-corrected chi connectivity index (χ3v) is 2.87. The number of nitrogens with zero attached hydrogens (tertiary/aromatic N) is 2. The number of hydrogen-bond acceptors (Lipinski definition) is 4. The molecule has 0 saturated carbocycles. The molecule has 2 rings (SSSR count). The normalized spacial score (nSPS) is 10.1. The van der Waals surface area contributed by atoms with Crippen molar-refractivity contribution >= 4 is 11.7 Å². The number of hydrazine groups is 1. The van der Waals surface area contributed by atoms with Crippen molar-refractivity contribution in [2.24, 2.45) is 14.1 Å². The molecule has 7 heteroatoms. The van der Waals surface area contributed by atoms with E-state index in [2.05, 4.69) is 10.9 Å². The molecule has 20 heavy (non-hydrogen) atoms. The highest BCUT2D eigenvalue weighted by atomic mass is 16.2. The Balaban J connectivity index is 2.19. The molecule has 2 aromatic rings. The largest absolute Gasteiger partial charge is 0.332 e. The van der Waals surface area contributed by atoms with Gasteiger partial charge in [0.05, 0.1) is 0 Å². The number of amides is 1. The van der Waals surface area contributed by atoms with E-state index in [4.69, 9.17) is 0 Å². The molecule has 1 heterocycles. The molecule has 2 N–H and O–H groups in total. The van der Waals surface area contributed by atoms with E-state index in [1.165, 1.54) is 24.7 Å². The molecule has 0 aliphatic rings. The maximum absolute atomic E-state index is 11.8. The van der Waals surface area contributed by atoms with E-state index in [0.717, 1.165) is 4.57 Å². The van der Waals surface area contributed by atoms with E-state index in [0.29, 0.717) is 5.56 Å². The molecule has 7 nitrogen and oxygen atoms in total. The van der Waals surface area contributed by atoms with Crippen LogP contribution in [0.3, 0.4) is 0 Å². The highest BCUT2D eigenvalue weighted by molar-refractivity contribution is 5.94. The van der Waals surface area contributed by atoms with Crippen LogP contribution in [0, 0.1) is 0 Å². The first-order valence-corrected chi connectivity index (χ1v) is 5.89. The summed E-state index contributed by atoms with van der Waals surface area (Å²) in [4.78, 5) is 35.0. The Morgan fingerprint density at radius 2 is 1.70 bits per heavy atom. The summed E-state index contributed by atoms with van der Waals surface area (Å²) in [6.45, 7) is 0. The predicted octanol–water partition coefficient (Wildman–Crippen LogP) is -0.159. The fourth-order valence-corrected chi connectivity index (χ4v) is 1.64. The van der Waals surface area contributed by atoms with Gasteiger partial charge in [-0.1, -0.05) is 18.2 Å². The minimum absolute atomic E-state index is 0.211. The van der Waals surface area contributed by atoms with Crippen molar-refractivity contribution in [1.29, 1.82) is 0 Å². The average molecular weight is 274 g/mol. The fraction of sp³-hybridized carbons (Fsp3) is 0.154. The van der Waals surface area contributed by atoms with E-state index >= 15 is 0 Å². The van der Waals surface area contributed by atoms with Gasteiger partial charge in [0.1, 0.15) is 5.82 Å². The molecule has 0 unspecified atom stereocenters. The van der Waals surface area contributed by atoms with Crippen molar-refractivity contribution in [3.8, 4) is 0 Å². The van der Waals surface area contributed by atoms with E-state index in [1.807, 2.05) is 0 Å². The molecule has 0 saturated heterocycles.